The molecule has 1 aliphatic heterocycles. The van der Waals surface area contributed by atoms with E-state index in [0.717, 1.165) is 5.56 Å². The molecule has 6 nitrogen and oxygen atoms in total. The van der Waals surface area contributed by atoms with E-state index in [4.69, 9.17) is 10.4 Å². The number of hydrogen-bond acceptors (Lipinski definition) is 4. The van der Waals surface area contributed by atoms with Gasteiger partial charge >= 0.3 is 6.09 Å². The van der Waals surface area contributed by atoms with Crippen molar-refractivity contribution in [1.82, 2.24) is 10.2 Å². The topological polar surface area (TPSA) is 93.4 Å². The number of halogens is 1. The number of nitrogens with one attached hydrogen (secondary N) is 1. The van der Waals surface area contributed by atoms with Crippen LogP contribution in [0.15, 0.2) is 29.6 Å². The molecule has 0 aliphatic carbocycles. The molecule has 3 rings (SSSR count). The van der Waals surface area contributed by atoms with Gasteiger partial charge in [-0.2, -0.15) is 5.26 Å². The fourth-order valence-corrected chi connectivity index (χ4v) is 4.73. The molecule has 158 valence electrons. The normalized spacial score (nSPS) is 19.2. The van der Waals surface area contributed by atoms with Crippen LogP contribution in [-0.2, 0) is 0 Å². The number of piperidine rings is 1. The zero-order valence-corrected chi connectivity index (χ0v) is 17.9. The van der Waals surface area contributed by atoms with Gasteiger partial charge < -0.3 is 15.3 Å². The fourth-order valence-electron chi connectivity index (χ4n) is 3.86. The Balaban J connectivity index is 1.83. The van der Waals surface area contributed by atoms with Gasteiger partial charge in [0.05, 0.1) is 10.4 Å². The van der Waals surface area contributed by atoms with E-state index >= 15 is 0 Å². The van der Waals surface area contributed by atoms with Gasteiger partial charge in [0.2, 0.25) is 0 Å². The highest BCUT2D eigenvalue weighted by Crippen LogP contribution is 2.35. The summed E-state index contributed by atoms with van der Waals surface area (Å²) in [5.74, 6) is -0.691. The molecule has 0 saturated carbocycles. The molecule has 2 aromatic rings. The van der Waals surface area contributed by atoms with Crippen LogP contribution in [0.2, 0.25) is 0 Å². The number of thiophene rings is 1. The lowest BCUT2D eigenvalue weighted by Gasteiger charge is -2.45. The second-order valence-corrected chi connectivity index (χ2v) is 9.47. The van der Waals surface area contributed by atoms with Gasteiger partial charge in [0.25, 0.3) is 5.91 Å². The van der Waals surface area contributed by atoms with E-state index in [1.54, 1.807) is 23.6 Å². The minimum Gasteiger partial charge on any atom is -0.465 e. The summed E-state index contributed by atoms with van der Waals surface area (Å²) in [5.41, 5.74) is 1.10. The zero-order chi connectivity index (χ0) is 22.1. The van der Waals surface area contributed by atoms with Crippen molar-refractivity contribution in [2.24, 2.45) is 5.41 Å². The van der Waals surface area contributed by atoms with Gasteiger partial charge in [-0.3, -0.25) is 4.79 Å². The summed E-state index contributed by atoms with van der Waals surface area (Å²) in [7, 11) is 0. The lowest BCUT2D eigenvalue weighted by atomic mass is 9.79. The second kappa shape index (κ2) is 8.44. The molecule has 2 N–H and O–H groups in total. The lowest BCUT2D eigenvalue weighted by Crippen LogP contribution is -2.56. The van der Waals surface area contributed by atoms with Gasteiger partial charge in [-0.1, -0.05) is 26.8 Å². The van der Waals surface area contributed by atoms with Gasteiger partial charge in [0.15, 0.2) is 0 Å². The van der Waals surface area contributed by atoms with Gasteiger partial charge in [-0.15, -0.1) is 11.3 Å². The van der Waals surface area contributed by atoms with Crippen LogP contribution in [-0.4, -0.2) is 40.6 Å². The highest BCUT2D eigenvalue weighted by molar-refractivity contribution is 7.12. The van der Waals surface area contributed by atoms with Gasteiger partial charge in [0.1, 0.15) is 11.9 Å². The predicted octanol–water partition coefficient (Wildman–Crippen LogP) is 4.71. The molecule has 1 fully saturated rings. The molecule has 30 heavy (non-hydrogen) atoms. The highest BCUT2D eigenvalue weighted by atomic mass is 32.1. The van der Waals surface area contributed by atoms with E-state index in [1.165, 1.54) is 23.5 Å². The third-order valence-corrected chi connectivity index (χ3v) is 6.34. The Morgan fingerprint density at radius 3 is 2.63 bits per heavy atom. The zero-order valence-electron chi connectivity index (χ0n) is 17.1. The first-order valence-corrected chi connectivity index (χ1v) is 10.6. The monoisotopic (exact) mass is 429 g/mol. The number of carboxylic acid groups (broad SMARTS) is 1. The molecule has 1 aliphatic rings. The number of carbonyl (C=O) groups excluding carboxylic acids is 1. The summed E-state index contributed by atoms with van der Waals surface area (Å²) < 4.78 is 14.0. The van der Waals surface area contributed by atoms with Crippen LogP contribution in [0.25, 0.3) is 11.1 Å². The number of rotatable bonds is 3. The van der Waals surface area contributed by atoms with E-state index in [0.29, 0.717) is 29.8 Å². The summed E-state index contributed by atoms with van der Waals surface area (Å²) in [6, 6.07) is 7.64. The average Bonchev–Trinajstić information content (AvgIpc) is 3.16. The third kappa shape index (κ3) is 4.62. The molecule has 8 heteroatoms. The Kier molecular flexibility index (Phi) is 6.13. The van der Waals surface area contributed by atoms with Gasteiger partial charge in [0, 0.05) is 18.6 Å². The van der Waals surface area contributed by atoms with Crippen molar-refractivity contribution >= 4 is 23.3 Å². The second-order valence-electron chi connectivity index (χ2n) is 8.56. The first-order valence-electron chi connectivity index (χ1n) is 9.69. The Morgan fingerprint density at radius 1 is 1.30 bits per heavy atom. The molecule has 1 aromatic carbocycles. The Bertz CT molecular complexity index is 1010. The molecule has 2 unspecified atom stereocenters. The number of hydrogen-bond donors (Lipinski definition) is 2. The standard InChI is InChI=1S/C22H24FN3O3S/c1-22(2,3)19-10-16(25-21(28)29)6-7-26(19)20(27)18-9-15(12-30-18)13-4-5-14(11-24)17(23)8-13/h4-5,8-9,12,16,19,25H,6-7,10H2,1-3H3,(H,28,29). The van der Waals surface area contributed by atoms with Crippen molar-refractivity contribution < 1.29 is 19.1 Å². The van der Waals surface area contributed by atoms with Crippen LogP contribution in [0.1, 0.15) is 48.8 Å². The molecule has 0 radical (unpaired) electrons. The number of benzene rings is 1. The molecule has 2 amide bonds. The summed E-state index contributed by atoms with van der Waals surface area (Å²) >= 11 is 1.30. The molecule has 0 spiro atoms. The van der Waals surface area contributed by atoms with Crippen LogP contribution in [0.5, 0.6) is 0 Å². The maximum atomic E-state index is 14.0. The summed E-state index contributed by atoms with van der Waals surface area (Å²) in [6.45, 7) is 6.59. The number of carbonyl (C=O) groups is 2. The van der Waals surface area contributed by atoms with Crippen LogP contribution in [0.3, 0.4) is 0 Å². The van der Waals surface area contributed by atoms with Gasteiger partial charge in [-0.05, 0) is 53.0 Å². The van der Waals surface area contributed by atoms with Crippen LogP contribution in [0.4, 0.5) is 9.18 Å². The van der Waals surface area contributed by atoms with Crippen molar-refractivity contribution in [3.8, 4) is 17.2 Å². The number of nitriles is 1. The third-order valence-electron chi connectivity index (χ3n) is 5.42. The van der Waals surface area contributed by atoms with E-state index in [1.807, 2.05) is 25.7 Å². The molecule has 2 atom stereocenters. The van der Waals surface area contributed by atoms with Crippen molar-refractivity contribution in [2.75, 3.05) is 6.54 Å². The highest BCUT2D eigenvalue weighted by Gasteiger charge is 2.39. The molecule has 2 heterocycles. The number of likely N-dealkylation sites (tertiary alicyclic amines) is 1. The lowest BCUT2D eigenvalue weighted by molar-refractivity contribution is 0.0341. The Hall–Kier alpha value is -2.92. The minimum atomic E-state index is -1.05. The maximum Gasteiger partial charge on any atom is 0.404 e. The smallest absolute Gasteiger partial charge is 0.404 e. The van der Waals surface area contributed by atoms with Crippen LogP contribution >= 0.6 is 11.3 Å². The van der Waals surface area contributed by atoms with Gasteiger partial charge in [-0.25, -0.2) is 9.18 Å². The first kappa shape index (κ1) is 21.8. The quantitative estimate of drug-likeness (QED) is 0.739. The van der Waals surface area contributed by atoms with Crippen molar-refractivity contribution in [1.29, 1.82) is 5.26 Å². The number of amides is 2. The molecular formula is C22H24FN3O3S. The summed E-state index contributed by atoms with van der Waals surface area (Å²) in [6.07, 6.45) is 0.0644. The SMILES string of the molecule is CC(C)(C)C1CC(NC(=O)O)CCN1C(=O)c1cc(-c2ccc(C#N)c(F)c2)cs1. The Labute approximate surface area is 178 Å². The van der Waals surface area contributed by atoms with Crippen molar-refractivity contribution in [2.45, 2.75) is 45.7 Å². The molecular weight excluding hydrogens is 405 g/mol. The van der Waals surface area contributed by atoms with Crippen molar-refractivity contribution in [3.63, 3.8) is 0 Å². The Morgan fingerprint density at radius 2 is 2.03 bits per heavy atom. The summed E-state index contributed by atoms with van der Waals surface area (Å²) in [5, 5.41) is 22.3. The van der Waals surface area contributed by atoms with Crippen LogP contribution < -0.4 is 5.32 Å². The van der Waals surface area contributed by atoms with Crippen LogP contribution in [0, 0.1) is 22.6 Å². The summed E-state index contributed by atoms with van der Waals surface area (Å²) in [4.78, 5) is 26.7. The van der Waals surface area contributed by atoms with Crippen molar-refractivity contribution in [3.05, 3.63) is 45.9 Å². The maximum absolute atomic E-state index is 14.0. The minimum absolute atomic E-state index is 0.0175. The number of nitrogens with zero attached hydrogens (tertiary/aromatic N) is 2. The molecule has 1 aromatic heterocycles. The molecule has 0 bridgehead atoms. The predicted molar refractivity (Wildman–Crippen MR) is 113 cm³/mol. The fraction of sp³-hybridized carbons (Fsp3) is 0.409. The van der Waals surface area contributed by atoms with E-state index in [-0.39, 0.29) is 29.0 Å². The largest absolute Gasteiger partial charge is 0.465 e. The first-order chi connectivity index (χ1) is 14.1. The van der Waals surface area contributed by atoms with E-state index in [2.05, 4.69) is 5.32 Å². The molecule has 1 saturated heterocycles. The van der Waals surface area contributed by atoms with E-state index < -0.39 is 11.9 Å². The average molecular weight is 430 g/mol. The van der Waals surface area contributed by atoms with E-state index in [9.17, 15) is 14.0 Å².